The molecule has 1 aromatic heterocycles. The largest absolute Gasteiger partial charge is 0.456 e. The first-order valence-electron chi connectivity index (χ1n) is 11.6. The maximum atomic E-state index is 13.3. The molecule has 2 aliphatic heterocycles. The molecule has 2 amide bonds. The lowest BCUT2D eigenvalue weighted by Gasteiger charge is -2.27. The minimum atomic E-state index is -4.86. The zero-order valence-electron chi connectivity index (χ0n) is 19.9. The van der Waals surface area contributed by atoms with Gasteiger partial charge in [-0.25, -0.2) is 9.99 Å². The normalized spacial score (nSPS) is 18.8. The Labute approximate surface area is 209 Å². The molecule has 3 heterocycles. The second-order valence-corrected chi connectivity index (χ2v) is 8.70. The number of ether oxygens (including phenoxy) is 1. The first-order valence-corrected chi connectivity index (χ1v) is 11.6. The molecule has 0 spiro atoms. The number of amides is 2. The van der Waals surface area contributed by atoms with Crippen LogP contribution in [0.4, 0.5) is 18.9 Å². The number of hydrogen-bond donors (Lipinski definition) is 2. The van der Waals surface area contributed by atoms with Crippen LogP contribution >= 0.6 is 0 Å². The third-order valence-electron chi connectivity index (χ3n) is 5.86. The molecule has 13 heteroatoms. The van der Waals surface area contributed by atoms with Gasteiger partial charge in [0.1, 0.15) is 17.7 Å². The van der Waals surface area contributed by atoms with Crippen molar-refractivity contribution in [1.29, 1.82) is 0 Å². The lowest BCUT2D eigenvalue weighted by molar-refractivity contribution is -0.153. The Morgan fingerprint density at radius 2 is 2.03 bits per heavy atom. The van der Waals surface area contributed by atoms with Gasteiger partial charge in [0.15, 0.2) is 11.6 Å². The third kappa shape index (κ3) is 5.15. The van der Waals surface area contributed by atoms with Gasteiger partial charge in [-0.1, -0.05) is 13.0 Å². The summed E-state index contributed by atoms with van der Waals surface area (Å²) in [6, 6.07) is 6.19. The highest BCUT2D eigenvalue weighted by Crippen LogP contribution is 2.34. The number of halogens is 3. The van der Waals surface area contributed by atoms with Crippen LogP contribution in [-0.4, -0.2) is 45.9 Å². The monoisotopic (exact) mass is 516 g/mol. The number of guanidine groups is 1. The molecule has 3 aliphatic rings. The van der Waals surface area contributed by atoms with Crippen molar-refractivity contribution in [3.8, 4) is 5.75 Å². The van der Waals surface area contributed by atoms with Crippen molar-refractivity contribution >= 4 is 23.5 Å². The molecular formula is C24H23F3N6O4. The Balaban J connectivity index is 1.27. The van der Waals surface area contributed by atoms with E-state index in [9.17, 15) is 22.8 Å². The highest BCUT2D eigenvalue weighted by molar-refractivity contribution is 6.03. The van der Waals surface area contributed by atoms with Crippen molar-refractivity contribution in [1.82, 2.24) is 20.2 Å². The molecule has 1 fully saturated rings. The molecule has 2 aromatic rings. The average molecular weight is 516 g/mol. The van der Waals surface area contributed by atoms with Gasteiger partial charge in [0.2, 0.25) is 17.6 Å². The number of nitrogens with one attached hydrogen (secondary N) is 2. The molecule has 1 aromatic carbocycles. The highest BCUT2D eigenvalue weighted by atomic mass is 19.4. The number of carbonyl (C=O) groups is 2. The number of rotatable bonds is 6. The number of anilines is 1. The molecule has 1 aliphatic carbocycles. The molecule has 5 rings (SSSR count). The van der Waals surface area contributed by atoms with Gasteiger partial charge >= 0.3 is 6.18 Å². The molecule has 10 nitrogen and oxygen atoms in total. The van der Waals surface area contributed by atoms with E-state index in [-0.39, 0.29) is 36.0 Å². The van der Waals surface area contributed by atoms with Crippen LogP contribution in [0.1, 0.15) is 41.9 Å². The molecular weight excluding hydrogens is 493 g/mol. The lowest BCUT2D eigenvalue weighted by Crippen LogP contribution is -2.44. The van der Waals surface area contributed by atoms with E-state index in [1.54, 1.807) is 36.3 Å². The summed E-state index contributed by atoms with van der Waals surface area (Å²) in [5, 5.41) is 11.3. The molecule has 1 unspecified atom stereocenters. The number of fused-ring (bicyclic) bond motifs is 1. The summed E-state index contributed by atoms with van der Waals surface area (Å²) >= 11 is 0. The topological polar surface area (TPSA) is 112 Å². The van der Waals surface area contributed by atoms with Crippen LogP contribution in [0.5, 0.6) is 5.75 Å². The fourth-order valence-corrected chi connectivity index (χ4v) is 3.78. The summed E-state index contributed by atoms with van der Waals surface area (Å²) in [6.07, 6.45) is 2.02. The van der Waals surface area contributed by atoms with Gasteiger partial charge in [-0.2, -0.15) is 13.2 Å². The van der Waals surface area contributed by atoms with Crippen molar-refractivity contribution in [2.24, 2.45) is 11.0 Å². The molecule has 1 saturated carbocycles. The summed E-state index contributed by atoms with van der Waals surface area (Å²) in [5.74, 6) is -1.49. The lowest BCUT2D eigenvalue weighted by atomic mass is 10.2. The average Bonchev–Trinajstić information content (AvgIpc) is 3.53. The number of hydrogen-bond acceptors (Lipinski definition) is 8. The maximum absolute atomic E-state index is 13.3. The van der Waals surface area contributed by atoms with Crippen LogP contribution in [0.2, 0.25) is 0 Å². The number of carbonyl (C=O) groups excluding carboxylic acids is 2. The van der Waals surface area contributed by atoms with E-state index in [1.165, 1.54) is 12.1 Å². The Morgan fingerprint density at radius 1 is 1.24 bits per heavy atom. The van der Waals surface area contributed by atoms with E-state index in [2.05, 4.69) is 20.7 Å². The van der Waals surface area contributed by atoms with E-state index in [1.807, 2.05) is 18.0 Å². The quantitative estimate of drug-likeness (QED) is 0.603. The summed E-state index contributed by atoms with van der Waals surface area (Å²) in [4.78, 5) is 30.2. The number of allylic oxidation sites excluding steroid dienone is 1. The van der Waals surface area contributed by atoms with E-state index in [4.69, 9.17) is 9.15 Å². The van der Waals surface area contributed by atoms with E-state index < -0.39 is 23.5 Å². The number of nitrogens with zero attached hydrogens (tertiary/aromatic N) is 4. The zero-order chi connectivity index (χ0) is 26.3. The Kier molecular flexibility index (Phi) is 6.13. The molecule has 0 radical (unpaired) electrons. The standard InChI is InChI=1S/C24H23F3N6O4/c1-3-17-29-19(20(37-17)24(25,26)27)22(35)28-14-5-4-6-15(11-14)36-16-9-10-18-32(2)23(31-33(18)12-16)30-21(34)13-7-8-13/h4-6,9-13,18H,3,7-8H2,1-2H3,(H,28,35)(H,30,31,34). The van der Waals surface area contributed by atoms with Crippen LogP contribution in [0, 0.1) is 5.92 Å². The first kappa shape index (κ1) is 24.4. The Hall–Kier alpha value is -4.29. The van der Waals surface area contributed by atoms with Crippen molar-refractivity contribution in [3.63, 3.8) is 0 Å². The van der Waals surface area contributed by atoms with Crippen molar-refractivity contribution in [2.75, 3.05) is 12.4 Å². The number of benzene rings is 1. The van der Waals surface area contributed by atoms with Gasteiger partial charge < -0.3 is 19.4 Å². The first-order chi connectivity index (χ1) is 17.6. The van der Waals surface area contributed by atoms with Crippen molar-refractivity contribution < 1.29 is 31.9 Å². The predicted octanol–water partition coefficient (Wildman–Crippen LogP) is 3.67. The number of aryl methyl sites for hydroxylation is 1. The van der Waals surface area contributed by atoms with Crippen LogP contribution < -0.4 is 15.4 Å². The number of alkyl halides is 3. The molecule has 194 valence electrons. The molecule has 0 saturated heterocycles. The highest BCUT2D eigenvalue weighted by Gasteiger charge is 2.41. The number of hydrazone groups is 1. The van der Waals surface area contributed by atoms with E-state index in [0.717, 1.165) is 12.8 Å². The number of aromatic nitrogens is 1. The second-order valence-electron chi connectivity index (χ2n) is 8.70. The van der Waals surface area contributed by atoms with Gasteiger partial charge in [0, 0.05) is 31.1 Å². The fourth-order valence-electron chi connectivity index (χ4n) is 3.78. The minimum Gasteiger partial charge on any atom is -0.456 e. The van der Waals surface area contributed by atoms with Crippen LogP contribution in [0.25, 0.3) is 0 Å². The zero-order valence-corrected chi connectivity index (χ0v) is 19.9. The summed E-state index contributed by atoms with van der Waals surface area (Å²) in [6.45, 7) is 1.57. The van der Waals surface area contributed by atoms with Crippen molar-refractivity contribution in [3.05, 3.63) is 65.7 Å². The van der Waals surface area contributed by atoms with Crippen molar-refractivity contribution in [2.45, 2.75) is 38.5 Å². The van der Waals surface area contributed by atoms with Crippen LogP contribution in [0.3, 0.4) is 0 Å². The van der Waals surface area contributed by atoms with Crippen LogP contribution in [-0.2, 0) is 17.4 Å². The van der Waals surface area contributed by atoms with E-state index in [0.29, 0.717) is 17.5 Å². The van der Waals surface area contributed by atoms with E-state index >= 15 is 0 Å². The van der Waals surface area contributed by atoms with Gasteiger partial charge in [0.25, 0.3) is 5.91 Å². The smallest absolute Gasteiger partial charge is 0.452 e. The van der Waals surface area contributed by atoms with Gasteiger partial charge in [-0.05, 0) is 37.1 Å². The van der Waals surface area contributed by atoms with Gasteiger partial charge in [-0.3, -0.25) is 14.9 Å². The third-order valence-corrected chi connectivity index (χ3v) is 5.86. The van der Waals surface area contributed by atoms with Gasteiger partial charge in [-0.15, -0.1) is 5.10 Å². The number of oxazole rings is 1. The predicted molar refractivity (Wildman–Crippen MR) is 125 cm³/mol. The second kappa shape index (κ2) is 9.30. The molecule has 2 N–H and O–H groups in total. The number of likely N-dealkylation sites (N-methyl/N-ethyl adjacent to an activating group) is 1. The Morgan fingerprint density at radius 3 is 2.73 bits per heavy atom. The summed E-state index contributed by atoms with van der Waals surface area (Å²) < 4.78 is 50.4. The minimum absolute atomic E-state index is 0.0458. The maximum Gasteiger partial charge on any atom is 0.452 e. The molecule has 0 bridgehead atoms. The summed E-state index contributed by atoms with van der Waals surface area (Å²) in [7, 11) is 1.81. The van der Waals surface area contributed by atoms with Crippen LogP contribution in [0.15, 0.2) is 57.9 Å². The molecule has 1 atom stereocenters. The fraction of sp³-hybridized carbons (Fsp3) is 0.333. The SMILES string of the molecule is CCc1nc(C(=O)Nc2cccc(OC3=CN4N=C(NC(=O)C5CC5)N(C)C4C=C3)c2)c(C(F)(F)F)o1. The summed E-state index contributed by atoms with van der Waals surface area (Å²) in [5.41, 5.74) is -0.626. The van der Waals surface area contributed by atoms with Gasteiger partial charge in [0.05, 0.1) is 6.20 Å². The Bertz CT molecular complexity index is 1330. The molecule has 37 heavy (non-hydrogen) atoms.